The van der Waals surface area contributed by atoms with E-state index in [2.05, 4.69) is 25.1 Å². The van der Waals surface area contributed by atoms with Crippen LogP contribution in [0.25, 0.3) is 5.69 Å². The molecule has 0 radical (unpaired) electrons. The average molecular weight is 391 g/mol. The molecule has 5 rings (SSSR count). The molecule has 8 nitrogen and oxygen atoms in total. The van der Waals surface area contributed by atoms with Crippen molar-refractivity contribution in [3.8, 4) is 5.69 Å². The Bertz CT molecular complexity index is 1020. The fourth-order valence-corrected chi connectivity index (χ4v) is 4.38. The van der Waals surface area contributed by atoms with Crippen molar-refractivity contribution < 1.29 is 4.79 Å². The van der Waals surface area contributed by atoms with Crippen LogP contribution in [0.1, 0.15) is 46.3 Å². The summed E-state index contributed by atoms with van der Waals surface area (Å²) in [5.74, 6) is 2.56. The van der Waals surface area contributed by atoms with E-state index in [4.69, 9.17) is 0 Å². The second-order valence-electron chi connectivity index (χ2n) is 7.86. The Morgan fingerprint density at radius 2 is 2.03 bits per heavy atom. The van der Waals surface area contributed by atoms with Crippen LogP contribution in [-0.4, -0.2) is 54.8 Å². The molecule has 2 aliphatic rings. The van der Waals surface area contributed by atoms with E-state index >= 15 is 0 Å². The summed E-state index contributed by atoms with van der Waals surface area (Å²) in [5, 5.41) is 12.1. The number of fused-ring (bicyclic) bond motifs is 1. The van der Waals surface area contributed by atoms with E-state index in [1.165, 1.54) is 0 Å². The minimum atomic E-state index is 0.0864. The highest BCUT2D eigenvalue weighted by atomic mass is 16.2. The Morgan fingerprint density at radius 1 is 1.17 bits per heavy atom. The Morgan fingerprint density at radius 3 is 2.83 bits per heavy atom. The number of carbonyl (C=O) groups is 1. The van der Waals surface area contributed by atoms with Crippen LogP contribution in [0.4, 0.5) is 0 Å². The first-order valence-corrected chi connectivity index (χ1v) is 10.2. The largest absolute Gasteiger partial charge is 0.339 e. The zero-order valence-electron chi connectivity index (χ0n) is 16.6. The monoisotopic (exact) mass is 391 g/mol. The molecule has 2 aliphatic heterocycles. The molecule has 0 spiro atoms. The van der Waals surface area contributed by atoms with Gasteiger partial charge in [0.15, 0.2) is 0 Å². The lowest BCUT2D eigenvalue weighted by atomic mass is 9.95. The summed E-state index contributed by atoms with van der Waals surface area (Å²) in [6.07, 6.45) is 7.18. The van der Waals surface area contributed by atoms with Gasteiger partial charge in [-0.3, -0.25) is 4.79 Å². The molecule has 0 bridgehead atoms. The fourth-order valence-electron chi connectivity index (χ4n) is 4.38. The smallest absolute Gasteiger partial charge is 0.255 e. The number of rotatable bonds is 3. The van der Waals surface area contributed by atoms with Crippen molar-refractivity contribution in [3.63, 3.8) is 0 Å². The number of hydrogen-bond acceptors (Lipinski definition) is 5. The molecule has 29 heavy (non-hydrogen) atoms. The van der Waals surface area contributed by atoms with E-state index in [0.717, 1.165) is 74.0 Å². The van der Waals surface area contributed by atoms with Crippen LogP contribution in [0.2, 0.25) is 0 Å². The number of hydrogen-bond donors (Lipinski definition) is 1. The lowest BCUT2D eigenvalue weighted by Gasteiger charge is -2.32. The van der Waals surface area contributed by atoms with Gasteiger partial charge in [-0.15, -0.1) is 10.2 Å². The third kappa shape index (κ3) is 3.33. The molecule has 4 heterocycles. The molecule has 3 aromatic rings. The molecular formula is C21H25N7O. The second-order valence-corrected chi connectivity index (χ2v) is 7.86. The van der Waals surface area contributed by atoms with Crippen molar-refractivity contribution in [1.82, 2.24) is 34.5 Å². The molecule has 0 aliphatic carbocycles. The molecule has 2 aromatic heterocycles. The third-order valence-corrected chi connectivity index (χ3v) is 5.96. The maximum absolute atomic E-state index is 13.3. The SMILES string of the molecule is Cc1ccc(-n2ccnc2)c(C(=O)N2CCC(c3nnc4n3CCNC4)CC2)c1. The Hall–Kier alpha value is -3.00. The molecule has 0 saturated carbocycles. The molecular weight excluding hydrogens is 366 g/mol. The maximum Gasteiger partial charge on any atom is 0.255 e. The van der Waals surface area contributed by atoms with Crippen LogP contribution in [0.15, 0.2) is 36.9 Å². The summed E-state index contributed by atoms with van der Waals surface area (Å²) in [4.78, 5) is 19.4. The van der Waals surface area contributed by atoms with Gasteiger partial charge >= 0.3 is 0 Å². The number of nitrogens with zero attached hydrogens (tertiary/aromatic N) is 6. The van der Waals surface area contributed by atoms with Crippen LogP contribution in [0.5, 0.6) is 0 Å². The zero-order chi connectivity index (χ0) is 19.8. The van der Waals surface area contributed by atoms with Gasteiger partial charge in [-0.1, -0.05) is 11.6 Å². The summed E-state index contributed by atoms with van der Waals surface area (Å²) in [5.41, 5.74) is 2.68. The quantitative estimate of drug-likeness (QED) is 0.738. The molecule has 8 heteroatoms. The van der Waals surface area contributed by atoms with E-state index in [9.17, 15) is 4.79 Å². The van der Waals surface area contributed by atoms with E-state index in [1.54, 1.807) is 12.5 Å². The number of nitrogens with one attached hydrogen (secondary N) is 1. The lowest BCUT2D eigenvalue weighted by molar-refractivity contribution is 0.0710. The highest BCUT2D eigenvalue weighted by Crippen LogP contribution is 2.29. The van der Waals surface area contributed by atoms with Gasteiger partial charge in [0.25, 0.3) is 5.91 Å². The summed E-state index contributed by atoms with van der Waals surface area (Å²) < 4.78 is 4.16. The Labute approximate surface area is 169 Å². The molecule has 0 unspecified atom stereocenters. The topological polar surface area (TPSA) is 80.9 Å². The molecule has 1 amide bonds. The third-order valence-electron chi connectivity index (χ3n) is 5.96. The Kier molecular flexibility index (Phi) is 4.63. The van der Waals surface area contributed by atoms with Crippen LogP contribution in [0.3, 0.4) is 0 Å². The predicted octanol–water partition coefficient (Wildman–Crippen LogP) is 1.90. The van der Waals surface area contributed by atoms with Gasteiger partial charge in [0.1, 0.15) is 11.6 Å². The van der Waals surface area contributed by atoms with Gasteiger partial charge in [0, 0.05) is 44.5 Å². The normalized spacial score (nSPS) is 17.3. The highest BCUT2D eigenvalue weighted by Gasteiger charge is 2.30. The van der Waals surface area contributed by atoms with Gasteiger partial charge in [0.2, 0.25) is 0 Å². The molecule has 1 saturated heterocycles. The van der Waals surface area contributed by atoms with Crippen LogP contribution in [-0.2, 0) is 13.1 Å². The summed E-state index contributed by atoms with van der Waals surface area (Å²) in [7, 11) is 0. The second kappa shape index (κ2) is 7.44. The summed E-state index contributed by atoms with van der Waals surface area (Å²) in [6, 6.07) is 6.00. The minimum absolute atomic E-state index is 0.0864. The van der Waals surface area contributed by atoms with Crippen LogP contribution in [0, 0.1) is 6.92 Å². The van der Waals surface area contributed by atoms with Crippen LogP contribution >= 0.6 is 0 Å². The standard InChI is InChI=1S/C21H25N7O/c1-15-2-3-18(27-10-6-23-14-27)17(12-15)21(29)26-8-4-16(5-9-26)20-25-24-19-13-22-7-11-28(19)20/h2-3,6,10,12,14,16,22H,4-5,7-9,11,13H2,1H3. The molecule has 1 aromatic carbocycles. The van der Waals surface area contributed by atoms with Gasteiger partial charge in [-0.25, -0.2) is 4.98 Å². The van der Waals surface area contributed by atoms with Crippen molar-refractivity contribution in [3.05, 3.63) is 59.7 Å². The summed E-state index contributed by atoms with van der Waals surface area (Å²) >= 11 is 0. The first kappa shape index (κ1) is 18.1. The highest BCUT2D eigenvalue weighted by molar-refractivity contribution is 5.98. The van der Waals surface area contributed by atoms with Crippen molar-refractivity contribution in [1.29, 1.82) is 0 Å². The fraction of sp³-hybridized carbons (Fsp3) is 0.429. The number of carbonyl (C=O) groups excluding carboxylic acids is 1. The Balaban J connectivity index is 1.33. The van der Waals surface area contributed by atoms with E-state index in [0.29, 0.717) is 5.92 Å². The average Bonchev–Trinajstić information content (AvgIpc) is 3.43. The number of benzene rings is 1. The van der Waals surface area contributed by atoms with E-state index in [1.807, 2.05) is 40.8 Å². The number of piperidine rings is 1. The lowest BCUT2D eigenvalue weighted by Crippen LogP contribution is -2.39. The minimum Gasteiger partial charge on any atom is -0.339 e. The van der Waals surface area contributed by atoms with Crippen molar-refractivity contribution in [2.75, 3.05) is 19.6 Å². The van der Waals surface area contributed by atoms with Crippen molar-refractivity contribution >= 4 is 5.91 Å². The van der Waals surface area contributed by atoms with Crippen molar-refractivity contribution in [2.24, 2.45) is 0 Å². The summed E-state index contributed by atoms with van der Waals surface area (Å²) in [6.45, 7) is 6.16. The number of likely N-dealkylation sites (tertiary alicyclic amines) is 1. The van der Waals surface area contributed by atoms with Gasteiger partial charge in [0.05, 0.1) is 24.1 Å². The number of amides is 1. The van der Waals surface area contributed by atoms with Crippen LogP contribution < -0.4 is 5.32 Å². The first-order chi connectivity index (χ1) is 14.2. The van der Waals surface area contributed by atoms with Gasteiger partial charge < -0.3 is 19.4 Å². The predicted molar refractivity (Wildman–Crippen MR) is 108 cm³/mol. The zero-order valence-corrected chi connectivity index (χ0v) is 16.6. The van der Waals surface area contributed by atoms with Gasteiger partial charge in [-0.05, 0) is 31.9 Å². The first-order valence-electron chi connectivity index (χ1n) is 10.2. The molecule has 1 fully saturated rings. The molecule has 150 valence electrons. The molecule has 0 atom stereocenters. The van der Waals surface area contributed by atoms with Gasteiger partial charge in [-0.2, -0.15) is 0 Å². The number of imidazole rings is 1. The number of aryl methyl sites for hydroxylation is 1. The number of aromatic nitrogens is 5. The maximum atomic E-state index is 13.3. The molecule has 1 N–H and O–H groups in total. The van der Waals surface area contributed by atoms with E-state index < -0.39 is 0 Å². The van der Waals surface area contributed by atoms with E-state index in [-0.39, 0.29) is 5.91 Å². The van der Waals surface area contributed by atoms with Crippen molar-refractivity contribution in [2.45, 2.75) is 38.8 Å².